The molecule has 1 N–H and O–H groups in total. The number of hydrogen-bond acceptors (Lipinski definition) is 7. The highest BCUT2D eigenvalue weighted by molar-refractivity contribution is 7.91. The van der Waals surface area contributed by atoms with E-state index in [9.17, 15) is 41.8 Å². The van der Waals surface area contributed by atoms with Gasteiger partial charge in [0.05, 0.1) is 26.9 Å². The Bertz CT molecular complexity index is 773. The summed E-state index contributed by atoms with van der Waals surface area (Å²) in [5.41, 5.74) is -4.55. The fraction of sp³-hybridized carbons (Fsp3) is 0.455. The standard InChI is InChI=1S/C11H10F3N3O6S/c12-11(13,14)6-3-8(16(18)19)10(9(4-6)17(20)21)15-7-1-2-24(22,23)5-7/h3-4,7,15H,1-2,5H2/t7-/m1/s1. The van der Waals surface area contributed by atoms with E-state index in [0.29, 0.717) is 0 Å². The first kappa shape index (κ1) is 17.9. The van der Waals surface area contributed by atoms with Gasteiger partial charge in [0, 0.05) is 18.2 Å². The molecule has 0 spiro atoms. The number of sulfone groups is 1. The Hall–Kier alpha value is -2.44. The lowest BCUT2D eigenvalue weighted by molar-refractivity contribution is -0.392. The summed E-state index contributed by atoms with van der Waals surface area (Å²) in [5.74, 6) is -0.630. The zero-order valence-electron chi connectivity index (χ0n) is 11.7. The normalized spacial score (nSPS) is 19.9. The van der Waals surface area contributed by atoms with Crippen LogP contribution < -0.4 is 5.32 Å². The van der Waals surface area contributed by atoms with Crippen LogP contribution in [-0.4, -0.2) is 35.8 Å². The van der Waals surface area contributed by atoms with Crippen LogP contribution in [0.25, 0.3) is 0 Å². The van der Waals surface area contributed by atoms with Gasteiger partial charge in [-0.15, -0.1) is 0 Å². The molecule has 0 bridgehead atoms. The van der Waals surface area contributed by atoms with Crippen molar-refractivity contribution in [1.29, 1.82) is 0 Å². The third-order valence-electron chi connectivity index (χ3n) is 3.40. The van der Waals surface area contributed by atoms with Gasteiger partial charge in [-0.05, 0) is 6.42 Å². The van der Waals surface area contributed by atoms with E-state index in [1.54, 1.807) is 0 Å². The first-order valence-corrected chi connectivity index (χ1v) is 8.24. The zero-order valence-corrected chi connectivity index (χ0v) is 12.6. The maximum atomic E-state index is 12.8. The summed E-state index contributed by atoms with van der Waals surface area (Å²) in [6, 6.07) is -0.499. The van der Waals surface area contributed by atoms with Crippen LogP contribution in [0.15, 0.2) is 12.1 Å². The Labute approximate surface area is 132 Å². The number of nitro groups is 2. The molecule has 13 heteroatoms. The molecule has 1 saturated heterocycles. The number of nitrogens with one attached hydrogen (secondary N) is 1. The van der Waals surface area contributed by atoms with Crippen LogP contribution in [0, 0.1) is 20.2 Å². The molecule has 132 valence electrons. The number of anilines is 1. The van der Waals surface area contributed by atoms with Crippen molar-refractivity contribution in [2.75, 3.05) is 16.8 Å². The van der Waals surface area contributed by atoms with Gasteiger partial charge in [-0.1, -0.05) is 0 Å². The summed E-state index contributed by atoms with van der Waals surface area (Å²) in [4.78, 5) is 19.7. The van der Waals surface area contributed by atoms with Crippen molar-refractivity contribution in [2.45, 2.75) is 18.6 Å². The summed E-state index contributed by atoms with van der Waals surface area (Å²) in [5, 5.41) is 24.4. The number of nitrogens with zero attached hydrogens (tertiary/aromatic N) is 2. The van der Waals surface area contributed by atoms with E-state index in [1.807, 2.05) is 0 Å². The van der Waals surface area contributed by atoms with Crippen LogP contribution in [0.5, 0.6) is 0 Å². The quantitative estimate of drug-likeness (QED) is 0.635. The number of hydrogen-bond donors (Lipinski definition) is 1. The largest absolute Gasteiger partial charge is 0.416 e. The van der Waals surface area contributed by atoms with Crippen molar-refractivity contribution in [3.63, 3.8) is 0 Å². The molecule has 1 aromatic rings. The van der Waals surface area contributed by atoms with E-state index in [0.717, 1.165) is 0 Å². The first-order valence-electron chi connectivity index (χ1n) is 6.42. The number of nitro benzene ring substituents is 2. The van der Waals surface area contributed by atoms with Gasteiger partial charge in [0.1, 0.15) is 0 Å². The molecular weight excluding hydrogens is 359 g/mol. The fourth-order valence-corrected chi connectivity index (χ4v) is 4.00. The van der Waals surface area contributed by atoms with Crippen molar-refractivity contribution in [3.05, 3.63) is 37.9 Å². The molecule has 0 aliphatic carbocycles. The van der Waals surface area contributed by atoms with Gasteiger partial charge >= 0.3 is 6.18 Å². The molecule has 0 radical (unpaired) electrons. The van der Waals surface area contributed by atoms with Gasteiger partial charge < -0.3 is 5.32 Å². The van der Waals surface area contributed by atoms with Crippen LogP contribution >= 0.6 is 0 Å². The topological polar surface area (TPSA) is 132 Å². The highest BCUT2D eigenvalue weighted by Gasteiger charge is 2.39. The van der Waals surface area contributed by atoms with E-state index in [1.165, 1.54) is 0 Å². The third kappa shape index (κ3) is 3.72. The lowest BCUT2D eigenvalue weighted by Crippen LogP contribution is -2.22. The summed E-state index contributed by atoms with van der Waals surface area (Å²) >= 11 is 0. The maximum absolute atomic E-state index is 12.8. The number of benzene rings is 1. The van der Waals surface area contributed by atoms with Gasteiger partial charge in [-0.2, -0.15) is 13.2 Å². The molecule has 1 atom stereocenters. The van der Waals surface area contributed by atoms with E-state index in [-0.39, 0.29) is 24.3 Å². The van der Waals surface area contributed by atoms with E-state index >= 15 is 0 Å². The highest BCUT2D eigenvalue weighted by Crippen LogP contribution is 2.41. The Morgan fingerprint density at radius 1 is 1.12 bits per heavy atom. The molecule has 0 unspecified atom stereocenters. The van der Waals surface area contributed by atoms with Crippen LogP contribution in [0.4, 0.5) is 30.2 Å². The second kappa shape index (κ2) is 5.89. The summed E-state index contributed by atoms with van der Waals surface area (Å²) in [7, 11) is -3.40. The van der Waals surface area contributed by atoms with Crippen LogP contribution in [0.1, 0.15) is 12.0 Å². The van der Waals surface area contributed by atoms with Crippen molar-refractivity contribution >= 4 is 26.9 Å². The highest BCUT2D eigenvalue weighted by atomic mass is 32.2. The lowest BCUT2D eigenvalue weighted by atomic mass is 10.1. The number of rotatable bonds is 4. The smallest absolute Gasteiger partial charge is 0.370 e. The first-order chi connectivity index (χ1) is 10.9. The van der Waals surface area contributed by atoms with Crippen LogP contribution in [0.2, 0.25) is 0 Å². The number of alkyl halides is 3. The van der Waals surface area contributed by atoms with Crippen molar-refractivity contribution < 1.29 is 31.4 Å². The van der Waals surface area contributed by atoms with Gasteiger partial charge in [-0.3, -0.25) is 20.2 Å². The lowest BCUT2D eigenvalue weighted by Gasteiger charge is -2.14. The average Bonchev–Trinajstić information content (AvgIpc) is 2.76. The van der Waals surface area contributed by atoms with Crippen molar-refractivity contribution in [2.24, 2.45) is 0 Å². The predicted octanol–water partition coefficient (Wildman–Crippen LogP) is 2.12. The van der Waals surface area contributed by atoms with Gasteiger partial charge in [-0.25, -0.2) is 8.42 Å². The van der Waals surface area contributed by atoms with Gasteiger partial charge in [0.25, 0.3) is 11.4 Å². The monoisotopic (exact) mass is 369 g/mol. The van der Waals surface area contributed by atoms with E-state index < -0.39 is 60.3 Å². The van der Waals surface area contributed by atoms with Crippen LogP contribution in [-0.2, 0) is 16.0 Å². The Morgan fingerprint density at radius 2 is 1.62 bits per heavy atom. The zero-order chi connectivity index (χ0) is 18.3. The predicted molar refractivity (Wildman–Crippen MR) is 75.4 cm³/mol. The summed E-state index contributed by atoms with van der Waals surface area (Å²) < 4.78 is 61.1. The molecule has 24 heavy (non-hydrogen) atoms. The molecular formula is C11H10F3N3O6S. The van der Waals surface area contributed by atoms with Gasteiger partial charge in [0.15, 0.2) is 15.5 Å². The molecule has 1 aliphatic rings. The average molecular weight is 369 g/mol. The number of halogens is 3. The Balaban J connectivity index is 2.56. The van der Waals surface area contributed by atoms with Crippen molar-refractivity contribution in [1.82, 2.24) is 0 Å². The minimum atomic E-state index is -5.01. The van der Waals surface area contributed by atoms with Crippen molar-refractivity contribution in [3.8, 4) is 0 Å². The summed E-state index contributed by atoms with van der Waals surface area (Å²) in [6.07, 6.45) is -4.97. The molecule has 0 saturated carbocycles. The second-order valence-electron chi connectivity index (χ2n) is 5.15. The maximum Gasteiger partial charge on any atom is 0.416 e. The molecule has 1 aliphatic heterocycles. The molecule has 1 fully saturated rings. The minimum absolute atomic E-state index is 0.0393. The van der Waals surface area contributed by atoms with E-state index in [4.69, 9.17) is 0 Å². The Morgan fingerprint density at radius 3 is 1.96 bits per heavy atom. The summed E-state index contributed by atoms with van der Waals surface area (Å²) in [6.45, 7) is 0. The molecule has 1 heterocycles. The van der Waals surface area contributed by atoms with E-state index in [2.05, 4.69) is 5.32 Å². The third-order valence-corrected chi connectivity index (χ3v) is 5.17. The fourth-order valence-electron chi connectivity index (χ4n) is 2.32. The minimum Gasteiger partial charge on any atom is -0.370 e. The van der Waals surface area contributed by atoms with Gasteiger partial charge in [0.2, 0.25) is 0 Å². The molecule has 0 amide bonds. The van der Waals surface area contributed by atoms with Crippen LogP contribution in [0.3, 0.4) is 0 Å². The Kier molecular flexibility index (Phi) is 4.39. The second-order valence-corrected chi connectivity index (χ2v) is 7.37. The molecule has 9 nitrogen and oxygen atoms in total. The molecule has 2 rings (SSSR count). The molecule has 1 aromatic carbocycles. The molecule has 0 aromatic heterocycles. The SMILES string of the molecule is O=[N+]([O-])c1cc(C(F)(F)F)cc([N+](=O)[O-])c1N[C@@H]1CCS(=O)(=O)C1.